The van der Waals surface area contributed by atoms with Gasteiger partial charge in [0.05, 0.1) is 6.07 Å². The molecule has 0 spiro atoms. The van der Waals surface area contributed by atoms with Crippen molar-refractivity contribution < 1.29 is 10.2 Å². The first-order valence-corrected chi connectivity index (χ1v) is 7.14. The van der Waals surface area contributed by atoms with E-state index in [1.54, 1.807) is 17.0 Å². The summed E-state index contributed by atoms with van der Waals surface area (Å²) in [5.74, 6) is 0. The van der Waals surface area contributed by atoms with Crippen molar-refractivity contribution >= 4 is 46.4 Å². The first kappa shape index (κ1) is 19.4. The van der Waals surface area contributed by atoms with Crippen LogP contribution in [0.5, 0.6) is 0 Å². The Bertz CT molecular complexity index is 499. The number of nitrogens with zero attached hydrogens (tertiary/aromatic N) is 2. The van der Waals surface area contributed by atoms with Crippen LogP contribution in [-0.4, -0.2) is 32.0 Å². The molecule has 0 unspecified atom stereocenters. The Morgan fingerprint density at radius 3 is 2.24 bits per heavy atom. The predicted molar refractivity (Wildman–Crippen MR) is 91.4 cm³/mol. The van der Waals surface area contributed by atoms with E-state index in [4.69, 9.17) is 34.2 Å². The summed E-state index contributed by atoms with van der Waals surface area (Å²) >= 11 is 14.4. The summed E-state index contributed by atoms with van der Waals surface area (Å²) < 4.78 is 0. The first-order valence-electron chi connectivity index (χ1n) is 5.94. The van der Waals surface area contributed by atoms with E-state index in [0.717, 1.165) is 5.56 Å². The molecule has 0 atom stereocenters. The molecule has 1 aromatic carbocycles. The lowest BCUT2D eigenvalue weighted by atomic mass is 10.2. The summed E-state index contributed by atoms with van der Waals surface area (Å²) in [4.78, 5) is 1.66. The molecule has 5 nitrogen and oxygen atoms in total. The van der Waals surface area contributed by atoms with Gasteiger partial charge in [-0.25, -0.2) is 0 Å². The molecule has 0 aliphatic heterocycles. The van der Waals surface area contributed by atoms with Gasteiger partial charge in [-0.15, -0.1) is 0 Å². The maximum atomic E-state index is 9.38. The van der Waals surface area contributed by atoms with E-state index in [0.29, 0.717) is 31.0 Å². The molecule has 0 aliphatic rings. The number of aliphatic hydroxyl groups is 2. The van der Waals surface area contributed by atoms with Gasteiger partial charge in [0, 0.05) is 24.5 Å². The molecule has 0 aromatic heterocycles. The molecule has 4 N–H and O–H groups in total. The van der Waals surface area contributed by atoms with Crippen LogP contribution in [0.25, 0.3) is 0 Å². The quantitative estimate of drug-likeness (QED) is 0.557. The van der Waals surface area contributed by atoms with Crippen LogP contribution < -0.4 is 5.73 Å². The van der Waals surface area contributed by atoms with Crippen LogP contribution in [0.3, 0.4) is 0 Å². The predicted octanol–water partition coefficient (Wildman–Crippen LogP) is 3.08. The Morgan fingerprint density at radius 1 is 1.29 bits per heavy atom. The molecule has 0 saturated heterocycles. The van der Waals surface area contributed by atoms with Gasteiger partial charge >= 0.3 is 0 Å². The molecule has 0 radical (unpaired) electrons. The van der Waals surface area contributed by atoms with E-state index in [-0.39, 0.29) is 5.17 Å². The maximum Gasteiger partial charge on any atom is 0.257 e. The molecule has 0 heterocycles. The zero-order valence-corrected chi connectivity index (χ0v) is 13.6. The highest BCUT2D eigenvalue weighted by Gasteiger charge is 2.08. The van der Waals surface area contributed by atoms with E-state index in [2.05, 4.69) is 24.0 Å². The highest BCUT2D eigenvalue weighted by atomic mass is 35.5. The van der Waals surface area contributed by atoms with Crippen molar-refractivity contribution in [2.24, 2.45) is 5.73 Å². The van der Waals surface area contributed by atoms with Crippen LogP contribution in [0.2, 0.25) is 5.02 Å². The average Bonchev–Trinajstić information content (AvgIpc) is 2.39. The fraction of sp³-hybridized carbons (Fsp3) is 0.308. The minimum absolute atomic E-state index is 0.141. The summed E-state index contributed by atoms with van der Waals surface area (Å²) in [6, 6.07) is 9.43. The van der Waals surface area contributed by atoms with Crippen molar-refractivity contribution in [1.29, 1.82) is 5.26 Å². The van der Waals surface area contributed by atoms with Crippen molar-refractivity contribution in [2.75, 3.05) is 6.54 Å². The Balaban J connectivity index is 0.000000885. The van der Waals surface area contributed by atoms with Crippen LogP contribution in [-0.2, 0) is 6.54 Å². The van der Waals surface area contributed by atoms with E-state index in [9.17, 15) is 5.11 Å². The second-order valence-electron chi connectivity index (χ2n) is 3.93. The first-order chi connectivity index (χ1) is 9.86. The molecule has 0 bridgehead atoms. The van der Waals surface area contributed by atoms with Crippen LogP contribution in [0.4, 0.5) is 0 Å². The third-order valence-corrected chi connectivity index (χ3v) is 2.78. The normalized spacial score (nSPS) is 8.95. The monoisotopic (exact) mass is 345 g/mol. The Kier molecular flexibility index (Phi) is 10.2. The fourth-order valence-corrected chi connectivity index (χ4v) is 1.68. The van der Waals surface area contributed by atoms with Gasteiger partial charge in [0.15, 0.2) is 0 Å². The SMILES string of the molecule is N#CCCCN(Cc1ccc(Cl)cc1)C(O)=S.NC(O)=S. The van der Waals surface area contributed by atoms with Crippen molar-refractivity contribution in [3.8, 4) is 6.07 Å². The Hall–Kier alpha value is -1.62. The Morgan fingerprint density at radius 2 is 1.81 bits per heavy atom. The van der Waals surface area contributed by atoms with Crippen molar-refractivity contribution in [3.63, 3.8) is 0 Å². The molecule has 0 aliphatic carbocycles. The third kappa shape index (κ3) is 10.8. The lowest BCUT2D eigenvalue weighted by Gasteiger charge is -2.21. The Labute approximate surface area is 139 Å². The maximum absolute atomic E-state index is 9.38. The van der Waals surface area contributed by atoms with Gasteiger partial charge in [0.25, 0.3) is 10.3 Å². The minimum Gasteiger partial charge on any atom is -0.487 e. The smallest absolute Gasteiger partial charge is 0.257 e. The van der Waals surface area contributed by atoms with Crippen LogP contribution in [0, 0.1) is 11.3 Å². The van der Waals surface area contributed by atoms with E-state index >= 15 is 0 Å². The van der Waals surface area contributed by atoms with Crippen LogP contribution in [0.1, 0.15) is 18.4 Å². The molecule has 21 heavy (non-hydrogen) atoms. The molecule has 1 rings (SSSR count). The van der Waals surface area contributed by atoms with E-state index < -0.39 is 5.17 Å². The number of aliphatic hydroxyl groups excluding tert-OH is 2. The molecule has 8 heteroatoms. The van der Waals surface area contributed by atoms with Crippen molar-refractivity contribution in [2.45, 2.75) is 19.4 Å². The van der Waals surface area contributed by atoms with Crippen LogP contribution >= 0.6 is 36.0 Å². The number of rotatable bonds is 5. The van der Waals surface area contributed by atoms with Gasteiger partial charge in [-0.3, -0.25) is 0 Å². The fourth-order valence-electron chi connectivity index (χ4n) is 1.40. The van der Waals surface area contributed by atoms with E-state index in [1.807, 2.05) is 12.1 Å². The van der Waals surface area contributed by atoms with Gasteiger partial charge in [-0.1, -0.05) is 23.7 Å². The molecular weight excluding hydrogens is 330 g/mol. The second kappa shape index (κ2) is 11.1. The lowest BCUT2D eigenvalue weighted by Crippen LogP contribution is -2.29. The summed E-state index contributed by atoms with van der Waals surface area (Å²) in [6.45, 7) is 1.10. The van der Waals surface area contributed by atoms with Crippen molar-refractivity contribution in [3.05, 3.63) is 34.9 Å². The number of nitriles is 1. The number of halogens is 1. The summed E-state index contributed by atoms with van der Waals surface area (Å²) in [7, 11) is 0. The molecule has 0 saturated carbocycles. The zero-order valence-electron chi connectivity index (χ0n) is 11.2. The zero-order chi connectivity index (χ0) is 16.3. The molecule has 1 aromatic rings. The van der Waals surface area contributed by atoms with Gasteiger partial charge in [0.1, 0.15) is 0 Å². The summed E-state index contributed by atoms with van der Waals surface area (Å²) in [6.07, 6.45) is 1.14. The van der Waals surface area contributed by atoms with Crippen LogP contribution in [0.15, 0.2) is 24.3 Å². The molecular formula is C13H16ClN3O2S2. The number of hydrogen-bond acceptors (Lipinski definition) is 3. The standard InChI is InChI=1S/C12H13ClN2OS.CH3NOS/c13-11-5-3-10(4-6-11)9-15(12(16)17)8-2-1-7-14;2-1(3)4/h3-6H,1-2,8-9H2,(H,16,17);(H3,2,3,4). The minimum atomic E-state index is -0.500. The second-order valence-corrected chi connectivity index (χ2v) is 5.15. The molecule has 0 fully saturated rings. The summed E-state index contributed by atoms with van der Waals surface area (Å²) in [5.41, 5.74) is 5.41. The highest BCUT2D eigenvalue weighted by Crippen LogP contribution is 2.12. The van der Waals surface area contributed by atoms with Gasteiger partial charge in [-0.05, 0) is 48.6 Å². The number of unbranched alkanes of at least 4 members (excludes halogenated alkanes) is 1. The third-order valence-electron chi connectivity index (χ3n) is 2.27. The van der Waals surface area contributed by atoms with Gasteiger partial charge < -0.3 is 20.8 Å². The lowest BCUT2D eigenvalue weighted by molar-refractivity contribution is 0.335. The number of nitrogens with two attached hydrogens (primary N) is 1. The van der Waals surface area contributed by atoms with E-state index in [1.165, 1.54) is 0 Å². The van der Waals surface area contributed by atoms with Gasteiger partial charge in [0.2, 0.25) is 0 Å². The van der Waals surface area contributed by atoms with Gasteiger partial charge in [-0.2, -0.15) is 5.26 Å². The number of hydrogen-bond donors (Lipinski definition) is 3. The molecule has 114 valence electrons. The topological polar surface area (TPSA) is 93.5 Å². The van der Waals surface area contributed by atoms with Crippen molar-refractivity contribution in [1.82, 2.24) is 4.90 Å². The number of thiocarbonyl (C=S) groups is 2. The average molecular weight is 346 g/mol. The summed E-state index contributed by atoms with van der Waals surface area (Å²) in [5, 5.41) is 25.4. The highest BCUT2D eigenvalue weighted by molar-refractivity contribution is 7.80. The largest absolute Gasteiger partial charge is 0.487 e. The number of benzene rings is 1. The molecule has 0 amide bonds.